The number of piperidine rings is 1. The molecular formula is C21H30N2O5. The molecule has 1 aromatic carbocycles. The highest BCUT2D eigenvalue weighted by atomic mass is 16.6. The van der Waals surface area contributed by atoms with Crippen LogP contribution in [0.4, 0.5) is 4.79 Å². The molecule has 7 nitrogen and oxygen atoms in total. The standard InChI is InChI=1S/C21H30N2O5/c1-15(18(24)22-14-16-8-6-5-7-9-16)27-19(25)17-10-12-23(13-11-17)20(26)28-21(2,3)4/h5-9,15,17H,10-14H2,1-4H3,(H,22,24)/t15-/m0/s1. The summed E-state index contributed by atoms with van der Waals surface area (Å²) in [6.45, 7) is 8.27. The van der Waals surface area contributed by atoms with Crippen LogP contribution in [0.3, 0.4) is 0 Å². The van der Waals surface area contributed by atoms with Crippen LogP contribution in [-0.4, -0.2) is 47.7 Å². The van der Waals surface area contributed by atoms with Crippen LogP contribution in [0.1, 0.15) is 46.1 Å². The third-order valence-corrected chi connectivity index (χ3v) is 4.45. The van der Waals surface area contributed by atoms with Gasteiger partial charge in [0.05, 0.1) is 5.92 Å². The van der Waals surface area contributed by atoms with Crippen molar-refractivity contribution in [2.45, 2.75) is 58.8 Å². The lowest BCUT2D eigenvalue weighted by atomic mass is 9.97. The number of carbonyl (C=O) groups excluding carboxylic acids is 3. The number of likely N-dealkylation sites (tertiary alicyclic amines) is 1. The molecule has 1 aliphatic rings. The molecule has 2 rings (SSSR count). The minimum absolute atomic E-state index is 0.317. The molecular weight excluding hydrogens is 360 g/mol. The van der Waals surface area contributed by atoms with Crippen molar-refractivity contribution < 1.29 is 23.9 Å². The summed E-state index contributed by atoms with van der Waals surface area (Å²) in [5.41, 5.74) is 0.430. The molecule has 2 amide bonds. The van der Waals surface area contributed by atoms with Gasteiger partial charge < -0.3 is 19.7 Å². The minimum Gasteiger partial charge on any atom is -0.452 e. The molecule has 0 aromatic heterocycles. The van der Waals surface area contributed by atoms with Gasteiger partial charge in [-0.25, -0.2) is 4.79 Å². The number of hydrogen-bond donors (Lipinski definition) is 1. The number of rotatable bonds is 5. The molecule has 1 aliphatic heterocycles. The highest BCUT2D eigenvalue weighted by molar-refractivity contribution is 5.84. The summed E-state index contributed by atoms with van der Waals surface area (Å²) >= 11 is 0. The number of nitrogens with one attached hydrogen (secondary N) is 1. The van der Waals surface area contributed by atoms with Gasteiger partial charge in [-0.15, -0.1) is 0 Å². The normalized spacial score (nSPS) is 16.2. The first-order chi connectivity index (χ1) is 13.2. The fourth-order valence-electron chi connectivity index (χ4n) is 2.88. The second-order valence-electron chi connectivity index (χ2n) is 8.02. The summed E-state index contributed by atoms with van der Waals surface area (Å²) in [4.78, 5) is 38.2. The predicted octanol–water partition coefficient (Wildman–Crippen LogP) is 2.88. The first kappa shape index (κ1) is 21.7. The van der Waals surface area contributed by atoms with Gasteiger partial charge in [-0.1, -0.05) is 30.3 Å². The lowest BCUT2D eigenvalue weighted by Gasteiger charge is -2.32. The summed E-state index contributed by atoms with van der Waals surface area (Å²) in [6, 6.07) is 9.53. The molecule has 1 heterocycles. The molecule has 0 bridgehead atoms. The lowest BCUT2D eigenvalue weighted by molar-refractivity contribution is -0.160. The fourth-order valence-corrected chi connectivity index (χ4v) is 2.88. The van der Waals surface area contributed by atoms with Crippen LogP contribution in [-0.2, 0) is 25.6 Å². The van der Waals surface area contributed by atoms with E-state index in [1.165, 1.54) is 0 Å². The molecule has 1 N–H and O–H groups in total. The van der Waals surface area contributed by atoms with Gasteiger partial charge in [0.1, 0.15) is 5.60 Å². The zero-order valence-corrected chi connectivity index (χ0v) is 17.1. The molecule has 1 fully saturated rings. The van der Waals surface area contributed by atoms with Crippen LogP contribution in [0.2, 0.25) is 0 Å². The Labute approximate surface area is 166 Å². The van der Waals surface area contributed by atoms with Gasteiger partial charge in [0.15, 0.2) is 6.10 Å². The Balaban J connectivity index is 1.74. The van der Waals surface area contributed by atoms with Crippen molar-refractivity contribution in [1.82, 2.24) is 10.2 Å². The van der Waals surface area contributed by atoms with E-state index in [1.54, 1.807) is 11.8 Å². The molecule has 28 heavy (non-hydrogen) atoms. The smallest absolute Gasteiger partial charge is 0.410 e. The number of nitrogens with zero attached hydrogens (tertiary/aromatic N) is 1. The summed E-state index contributed by atoms with van der Waals surface area (Å²) < 4.78 is 10.7. The summed E-state index contributed by atoms with van der Waals surface area (Å²) in [6.07, 6.45) is -0.236. The average Bonchev–Trinajstić information content (AvgIpc) is 2.65. The van der Waals surface area contributed by atoms with Crippen LogP contribution in [0.25, 0.3) is 0 Å². The van der Waals surface area contributed by atoms with Crippen molar-refractivity contribution in [3.63, 3.8) is 0 Å². The quantitative estimate of drug-likeness (QED) is 0.782. The molecule has 154 valence electrons. The molecule has 1 saturated heterocycles. The maximum Gasteiger partial charge on any atom is 0.410 e. The number of esters is 1. The maximum atomic E-state index is 12.4. The van der Waals surface area contributed by atoms with Crippen LogP contribution in [0.15, 0.2) is 30.3 Å². The topological polar surface area (TPSA) is 84.9 Å². The van der Waals surface area contributed by atoms with E-state index in [1.807, 2.05) is 51.1 Å². The van der Waals surface area contributed by atoms with Crippen LogP contribution >= 0.6 is 0 Å². The van der Waals surface area contributed by atoms with Gasteiger partial charge in [-0.2, -0.15) is 0 Å². The van der Waals surface area contributed by atoms with E-state index in [0.29, 0.717) is 32.5 Å². The monoisotopic (exact) mass is 390 g/mol. The molecule has 0 unspecified atom stereocenters. The molecule has 0 spiro atoms. The second-order valence-corrected chi connectivity index (χ2v) is 8.02. The Morgan fingerprint density at radius 1 is 1.14 bits per heavy atom. The first-order valence-electron chi connectivity index (χ1n) is 9.66. The molecule has 7 heteroatoms. The van der Waals surface area contributed by atoms with E-state index in [2.05, 4.69) is 5.32 Å². The van der Waals surface area contributed by atoms with Crippen molar-refractivity contribution in [2.75, 3.05) is 13.1 Å². The SMILES string of the molecule is C[C@H](OC(=O)C1CCN(C(=O)OC(C)(C)C)CC1)C(=O)NCc1ccccc1. The van der Waals surface area contributed by atoms with E-state index in [-0.39, 0.29) is 17.9 Å². The average molecular weight is 390 g/mol. The zero-order chi connectivity index (χ0) is 20.7. The largest absolute Gasteiger partial charge is 0.452 e. The second kappa shape index (κ2) is 9.57. The van der Waals surface area contributed by atoms with Gasteiger partial charge >= 0.3 is 12.1 Å². The Morgan fingerprint density at radius 3 is 2.32 bits per heavy atom. The van der Waals surface area contributed by atoms with Crippen molar-refractivity contribution in [3.8, 4) is 0 Å². The molecule has 0 aliphatic carbocycles. The highest BCUT2D eigenvalue weighted by Gasteiger charge is 2.32. The van der Waals surface area contributed by atoms with Crippen molar-refractivity contribution >= 4 is 18.0 Å². The number of ether oxygens (including phenoxy) is 2. The fraction of sp³-hybridized carbons (Fsp3) is 0.571. The Morgan fingerprint density at radius 2 is 1.75 bits per heavy atom. The third kappa shape index (κ3) is 6.87. The zero-order valence-electron chi connectivity index (χ0n) is 17.1. The van der Waals surface area contributed by atoms with E-state index >= 15 is 0 Å². The van der Waals surface area contributed by atoms with Crippen molar-refractivity contribution in [1.29, 1.82) is 0 Å². The molecule has 0 saturated carbocycles. The lowest BCUT2D eigenvalue weighted by Crippen LogP contribution is -2.44. The molecule has 1 atom stereocenters. The van der Waals surface area contributed by atoms with E-state index < -0.39 is 17.7 Å². The Kier molecular flexibility index (Phi) is 7.43. The van der Waals surface area contributed by atoms with Crippen LogP contribution in [0.5, 0.6) is 0 Å². The van der Waals surface area contributed by atoms with Crippen molar-refractivity contribution in [3.05, 3.63) is 35.9 Å². The number of hydrogen-bond acceptors (Lipinski definition) is 5. The summed E-state index contributed by atoms with van der Waals surface area (Å²) in [5.74, 6) is -1.04. The summed E-state index contributed by atoms with van der Waals surface area (Å²) in [5, 5.41) is 2.77. The highest BCUT2D eigenvalue weighted by Crippen LogP contribution is 2.21. The number of carbonyl (C=O) groups is 3. The van der Waals surface area contributed by atoms with E-state index in [4.69, 9.17) is 9.47 Å². The van der Waals surface area contributed by atoms with Gasteiger partial charge in [-0.05, 0) is 46.1 Å². The van der Waals surface area contributed by atoms with Gasteiger partial charge in [0.25, 0.3) is 5.91 Å². The van der Waals surface area contributed by atoms with E-state index in [9.17, 15) is 14.4 Å². The minimum atomic E-state index is -0.861. The van der Waals surface area contributed by atoms with Gasteiger partial charge in [0, 0.05) is 19.6 Å². The van der Waals surface area contributed by atoms with Gasteiger partial charge in [0.2, 0.25) is 0 Å². The first-order valence-corrected chi connectivity index (χ1v) is 9.66. The number of benzene rings is 1. The Bertz CT molecular complexity index is 676. The maximum absolute atomic E-state index is 12.4. The molecule has 1 aromatic rings. The van der Waals surface area contributed by atoms with E-state index in [0.717, 1.165) is 5.56 Å². The van der Waals surface area contributed by atoms with Crippen LogP contribution in [0, 0.1) is 5.92 Å². The predicted molar refractivity (Wildman–Crippen MR) is 104 cm³/mol. The third-order valence-electron chi connectivity index (χ3n) is 4.45. The Hall–Kier alpha value is -2.57. The summed E-state index contributed by atoms with van der Waals surface area (Å²) in [7, 11) is 0. The van der Waals surface area contributed by atoms with Crippen molar-refractivity contribution in [2.24, 2.45) is 5.92 Å². The van der Waals surface area contributed by atoms with Gasteiger partial charge in [-0.3, -0.25) is 9.59 Å². The molecule has 0 radical (unpaired) electrons. The van der Waals surface area contributed by atoms with Crippen LogP contribution < -0.4 is 5.32 Å². The number of amides is 2.